The van der Waals surface area contributed by atoms with Crippen molar-refractivity contribution in [3.05, 3.63) is 50.7 Å². The molecule has 0 saturated carbocycles. The highest BCUT2D eigenvalue weighted by Gasteiger charge is 2.55. The van der Waals surface area contributed by atoms with Gasteiger partial charge in [-0.2, -0.15) is 26.3 Å². The van der Waals surface area contributed by atoms with Gasteiger partial charge >= 0.3 is 12.4 Å². The molecule has 0 aliphatic carbocycles. The molecule has 0 radical (unpaired) electrons. The number of thiazole rings is 2. The highest BCUT2D eigenvalue weighted by atomic mass is 32.1. The molecule has 0 bridgehead atoms. The van der Waals surface area contributed by atoms with Crippen LogP contribution in [0.4, 0.5) is 26.3 Å². The number of aliphatic hydroxyl groups excluding tert-OH is 1. The molecule has 32 heavy (non-hydrogen) atoms. The Hall–Kier alpha value is -2.05. The van der Waals surface area contributed by atoms with Crippen molar-refractivity contribution in [2.75, 3.05) is 0 Å². The number of pyridine rings is 1. The van der Waals surface area contributed by atoms with Gasteiger partial charge in [-0.1, -0.05) is 6.07 Å². The quantitative estimate of drug-likeness (QED) is 0.392. The van der Waals surface area contributed by atoms with E-state index in [-0.39, 0.29) is 6.42 Å². The maximum absolute atomic E-state index is 12.7. The first kappa shape index (κ1) is 24.6. The van der Waals surface area contributed by atoms with E-state index in [1.165, 1.54) is 34.9 Å². The van der Waals surface area contributed by atoms with Gasteiger partial charge in [0.15, 0.2) is 5.92 Å². The second kappa shape index (κ2) is 9.44. The molecule has 3 aromatic rings. The van der Waals surface area contributed by atoms with Crippen molar-refractivity contribution < 1.29 is 31.4 Å². The number of aryl methyl sites for hydroxylation is 2. The normalized spacial score (nSPS) is 13.7. The minimum Gasteiger partial charge on any atom is -0.386 e. The molecule has 174 valence electrons. The molecule has 3 aromatic heterocycles. The predicted octanol–water partition coefficient (Wildman–Crippen LogP) is 6.29. The van der Waals surface area contributed by atoms with E-state index in [0.29, 0.717) is 22.7 Å². The van der Waals surface area contributed by atoms with Crippen LogP contribution in [0.1, 0.15) is 46.4 Å². The van der Waals surface area contributed by atoms with Crippen LogP contribution >= 0.6 is 22.7 Å². The van der Waals surface area contributed by atoms with Gasteiger partial charge in [-0.3, -0.25) is 4.98 Å². The topological polar surface area (TPSA) is 58.9 Å². The molecule has 0 aliphatic heterocycles. The lowest BCUT2D eigenvalue weighted by Gasteiger charge is -2.22. The van der Waals surface area contributed by atoms with Gasteiger partial charge in [-0.05, 0) is 38.3 Å². The highest BCUT2D eigenvalue weighted by Crippen LogP contribution is 2.42. The first-order chi connectivity index (χ1) is 14.8. The van der Waals surface area contributed by atoms with Gasteiger partial charge in [0.1, 0.15) is 11.1 Å². The Morgan fingerprint density at radius 1 is 1.06 bits per heavy atom. The molecule has 0 saturated heterocycles. The Balaban J connectivity index is 1.64. The van der Waals surface area contributed by atoms with Crippen LogP contribution in [0.15, 0.2) is 23.7 Å². The van der Waals surface area contributed by atoms with E-state index in [1.807, 2.05) is 12.3 Å². The Labute approximate surface area is 188 Å². The summed E-state index contributed by atoms with van der Waals surface area (Å²) in [6.07, 6.45) is -11.1. The summed E-state index contributed by atoms with van der Waals surface area (Å²) < 4.78 is 76.0. The molecule has 0 amide bonds. The first-order valence-electron chi connectivity index (χ1n) is 9.52. The number of nitrogens with zero attached hydrogens (tertiary/aromatic N) is 3. The SMILES string of the molecule is Cc1nc([C@H](C)O)sc1-c1csc(Cc2ccc(CCC(C(F)(F)F)C(F)(F)F)cn2)n1. The number of aliphatic hydroxyl groups is 1. The fourth-order valence-corrected chi connectivity index (χ4v) is 4.86. The summed E-state index contributed by atoms with van der Waals surface area (Å²) in [6, 6.07) is 3.07. The monoisotopic (exact) mass is 495 g/mol. The Morgan fingerprint density at radius 3 is 2.28 bits per heavy atom. The van der Waals surface area contributed by atoms with Crippen LogP contribution in [0.2, 0.25) is 0 Å². The summed E-state index contributed by atoms with van der Waals surface area (Å²) in [4.78, 5) is 13.9. The van der Waals surface area contributed by atoms with E-state index in [2.05, 4.69) is 15.0 Å². The summed E-state index contributed by atoms with van der Waals surface area (Å²) in [5.41, 5.74) is 2.40. The molecule has 0 aromatic carbocycles. The zero-order valence-corrected chi connectivity index (χ0v) is 18.6. The van der Waals surface area contributed by atoms with Crippen molar-refractivity contribution in [3.63, 3.8) is 0 Å². The lowest BCUT2D eigenvalue weighted by molar-refractivity contribution is -0.285. The molecule has 0 unspecified atom stereocenters. The largest absolute Gasteiger partial charge is 0.400 e. The van der Waals surface area contributed by atoms with Crippen LogP contribution in [0, 0.1) is 12.8 Å². The van der Waals surface area contributed by atoms with E-state index >= 15 is 0 Å². The molecule has 12 heteroatoms. The lowest BCUT2D eigenvalue weighted by atomic mass is 9.99. The third-order valence-electron chi connectivity index (χ3n) is 4.69. The Morgan fingerprint density at radius 2 is 1.75 bits per heavy atom. The third kappa shape index (κ3) is 6.04. The van der Waals surface area contributed by atoms with Crippen LogP contribution < -0.4 is 0 Å². The third-order valence-corrected chi connectivity index (χ3v) is 6.88. The van der Waals surface area contributed by atoms with Crippen molar-refractivity contribution >= 4 is 22.7 Å². The maximum atomic E-state index is 12.7. The summed E-state index contributed by atoms with van der Waals surface area (Å²) in [6.45, 7) is 3.47. The lowest BCUT2D eigenvalue weighted by Crippen LogP contribution is -2.36. The van der Waals surface area contributed by atoms with Gasteiger partial charge in [-0.15, -0.1) is 22.7 Å². The van der Waals surface area contributed by atoms with E-state index in [9.17, 15) is 31.4 Å². The first-order valence-corrected chi connectivity index (χ1v) is 11.2. The number of halogens is 6. The highest BCUT2D eigenvalue weighted by molar-refractivity contribution is 7.16. The van der Waals surface area contributed by atoms with Crippen molar-refractivity contribution in [1.82, 2.24) is 15.0 Å². The van der Waals surface area contributed by atoms with Gasteiger partial charge in [0.2, 0.25) is 0 Å². The van der Waals surface area contributed by atoms with Crippen LogP contribution in [0.5, 0.6) is 0 Å². The van der Waals surface area contributed by atoms with Gasteiger partial charge < -0.3 is 5.11 Å². The summed E-state index contributed by atoms with van der Waals surface area (Å²) >= 11 is 2.77. The van der Waals surface area contributed by atoms with Gasteiger partial charge in [0.25, 0.3) is 0 Å². The fraction of sp³-hybridized carbons (Fsp3) is 0.450. The number of alkyl halides is 6. The van der Waals surface area contributed by atoms with Gasteiger partial charge in [-0.25, -0.2) is 9.97 Å². The molecule has 1 N–H and O–H groups in total. The fourth-order valence-electron chi connectivity index (χ4n) is 3.02. The van der Waals surface area contributed by atoms with Crippen molar-refractivity contribution in [2.45, 2.75) is 51.6 Å². The van der Waals surface area contributed by atoms with Crippen LogP contribution in [0.3, 0.4) is 0 Å². The van der Waals surface area contributed by atoms with E-state index < -0.39 is 30.8 Å². The standard InChI is InChI=1S/C20H19F6N3OS2/c1-10-17(32-18(28-10)11(2)30)14-9-31-16(29-14)7-13-5-3-12(8-27-13)4-6-15(19(21,22)23)20(24,25)26/h3,5,8-9,11,15,30H,4,6-7H2,1-2H3/t11-/m0/s1. The second-order valence-corrected chi connectivity index (χ2v) is 9.25. The molecular weight excluding hydrogens is 476 g/mol. The smallest absolute Gasteiger partial charge is 0.386 e. The number of rotatable bonds is 7. The Kier molecular flexibility index (Phi) is 7.25. The van der Waals surface area contributed by atoms with Crippen molar-refractivity contribution in [3.8, 4) is 10.6 Å². The molecule has 0 fully saturated rings. The van der Waals surface area contributed by atoms with Crippen LogP contribution in [-0.4, -0.2) is 32.4 Å². The van der Waals surface area contributed by atoms with Gasteiger partial charge in [0.05, 0.1) is 21.3 Å². The molecule has 3 heterocycles. The molecular formula is C20H19F6N3OS2. The molecule has 4 nitrogen and oxygen atoms in total. The summed E-state index contributed by atoms with van der Waals surface area (Å²) in [5, 5.41) is 12.9. The minimum absolute atomic E-state index is 0.304. The van der Waals surface area contributed by atoms with Gasteiger partial charge in [0, 0.05) is 23.7 Å². The maximum Gasteiger partial charge on any atom is 0.400 e. The average Bonchev–Trinajstić information content (AvgIpc) is 3.27. The number of hydrogen-bond acceptors (Lipinski definition) is 6. The van der Waals surface area contributed by atoms with E-state index in [0.717, 1.165) is 21.3 Å². The average molecular weight is 496 g/mol. The number of aromatic nitrogens is 3. The van der Waals surface area contributed by atoms with E-state index in [4.69, 9.17) is 0 Å². The van der Waals surface area contributed by atoms with E-state index in [1.54, 1.807) is 13.0 Å². The van der Waals surface area contributed by atoms with Crippen molar-refractivity contribution in [2.24, 2.45) is 5.92 Å². The molecule has 0 aliphatic rings. The van der Waals surface area contributed by atoms with Crippen LogP contribution in [-0.2, 0) is 12.8 Å². The second-order valence-electron chi connectivity index (χ2n) is 7.28. The number of hydrogen-bond donors (Lipinski definition) is 1. The molecule has 1 atom stereocenters. The summed E-state index contributed by atoms with van der Waals surface area (Å²) in [7, 11) is 0. The zero-order chi connectivity index (χ0) is 23.7. The zero-order valence-electron chi connectivity index (χ0n) is 17.0. The van der Waals surface area contributed by atoms with Crippen molar-refractivity contribution in [1.29, 1.82) is 0 Å². The molecule has 0 spiro atoms. The molecule has 3 rings (SSSR count). The Bertz CT molecular complexity index is 1030. The summed E-state index contributed by atoms with van der Waals surface area (Å²) in [5.74, 6) is -3.35. The predicted molar refractivity (Wildman–Crippen MR) is 110 cm³/mol. The minimum atomic E-state index is -5.33. The van der Waals surface area contributed by atoms with Crippen LogP contribution in [0.25, 0.3) is 10.6 Å².